The van der Waals surface area contributed by atoms with Gasteiger partial charge in [0.15, 0.2) is 0 Å². The average Bonchev–Trinajstić information content (AvgIpc) is 2.26. The van der Waals surface area contributed by atoms with E-state index in [1.165, 1.54) is 25.1 Å². The van der Waals surface area contributed by atoms with Crippen molar-refractivity contribution in [2.24, 2.45) is 0 Å². The van der Waals surface area contributed by atoms with Crippen LogP contribution in [-0.4, -0.2) is 37.2 Å². The fourth-order valence-electron chi connectivity index (χ4n) is 1.16. The molecule has 0 radical (unpaired) electrons. The Hall–Kier alpha value is -0.960. The number of carboxylic acids is 1. The van der Waals surface area contributed by atoms with E-state index in [2.05, 4.69) is 20.7 Å². The van der Waals surface area contributed by atoms with Gasteiger partial charge in [-0.2, -0.15) is 0 Å². The summed E-state index contributed by atoms with van der Waals surface area (Å²) in [6.45, 7) is 1.33. The Kier molecular flexibility index (Phi) is 4.85. The molecule has 1 aromatic carbocycles. The SMILES string of the molecule is C[C@@H](O)CNS(=O)(=O)c1ccc(C(=O)O)cc1Br. The summed E-state index contributed by atoms with van der Waals surface area (Å²) in [4.78, 5) is 10.6. The molecule has 8 heteroatoms. The lowest BCUT2D eigenvalue weighted by atomic mass is 10.2. The van der Waals surface area contributed by atoms with Gasteiger partial charge in [-0.3, -0.25) is 0 Å². The minimum absolute atomic E-state index is 0.0173. The van der Waals surface area contributed by atoms with Crippen molar-refractivity contribution in [2.45, 2.75) is 17.9 Å². The normalized spacial score (nSPS) is 13.3. The molecule has 0 aliphatic carbocycles. The molecule has 0 amide bonds. The zero-order chi connectivity index (χ0) is 13.9. The number of benzene rings is 1. The number of carbonyl (C=O) groups is 1. The number of sulfonamides is 1. The Morgan fingerprint density at radius 1 is 1.50 bits per heavy atom. The monoisotopic (exact) mass is 337 g/mol. The van der Waals surface area contributed by atoms with Crippen LogP contribution in [0.2, 0.25) is 0 Å². The van der Waals surface area contributed by atoms with Crippen LogP contribution in [0.5, 0.6) is 0 Å². The van der Waals surface area contributed by atoms with Crippen molar-refractivity contribution < 1.29 is 23.4 Å². The molecule has 0 aliphatic heterocycles. The molecule has 1 aromatic rings. The van der Waals surface area contributed by atoms with E-state index < -0.39 is 22.1 Å². The summed E-state index contributed by atoms with van der Waals surface area (Å²) in [5.41, 5.74) is -0.0173. The maximum absolute atomic E-state index is 11.8. The number of nitrogens with one attached hydrogen (secondary N) is 1. The molecule has 6 nitrogen and oxygen atoms in total. The van der Waals surface area contributed by atoms with Crippen LogP contribution in [0, 0.1) is 0 Å². The number of hydrogen-bond acceptors (Lipinski definition) is 4. The smallest absolute Gasteiger partial charge is 0.335 e. The third kappa shape index (κ3) is 3.77. The minimum Gasteiger partial charge on any atom is -0.478 e. The van der Waals surface area contributed by atoms with E-state index in [0.29, 0.717) is 0 Å². The van der Waals surface area contributed by atoms with E-state index in [1.54, 1.807) is 0 Å². The van der Waals surface area contributed by atoms with Crippen molar-refractivity contribution >= 4 is 31.9 Å². The average molecular weight is 338 g/mol. The number of hydrogen-bond donors (Lipinski definition) is 3. The highest BCUT2D eigenvalue weighted by Crippen LogP contribution is 2.23. The third-order valence-electron chi connectivity index (χ3n) is 2.04. The van der Waals surface area contributed by atoms with Crippen molar-refractivity contribution in [1.29, 1.82) is 0 Å². The first-order valence-electron chi connectivity index (χ1n) is 4.94. The van der Waals surface area contributed by atoms with E-state index in [-0.39, 0.29) is 21.5 Å². The van der Waals surface area contributed by atoms with Crippen LogP contribution in [0.4, 0.5) is 0 Å². The topological polar surface area (TPSA) is 104 Å². The highest BCUT2D eigenvalue weighted by molar-refractivity contribution is 9.10. The largest absolute Gasteiger partial charge is 0.478 e. The number of aromatic carboxylic acids is 1. The molecule has 3 N–H and O–H groups in total. The molecule has 1 atom stereocenters. The number of carboxylic acid groups (broad SMARTS) is 1. The molecule has 1 rings (SSSR count). The number of halogens is 1. The first-order valence-corrected chi connectivity index (χ1v) is 7.22. The molecule has 0 saturated heterocycles. The lowest BCUT2D eigenvalue weighted by Gasteiger charge is -2.10. The second-order valence-corrected chi connectivity index (χ2v) is 6.24. The van der Waals surface area contributed by atoms with Gasteiger partial charge in [-0.05, 0) is 41.1 Å². The van der Waals surface area contributed by atoms with Gasteiger partial charge in [-0.1, -0.05) is 0 Å². The van der Waals surface area contributed by atoms with Crippen molar-refractivity contribution in [3.8, 4) is 0 Å². The zero-order valence-corrected chi connectivity index (χ0v) is 11.8. The molecule has 0 aliphatic rings. The second kappa shape index (κ2) is 5.79. The van der Waals surface area contributed by atoms with E-state index >= 15 is 0 Å². The molecule has 0 aromatic heterocycles. The molecular formula is C10H12BrNO5S. The quantitative estimate of drug-likeness (QED) is 0.737. The molecule has 100 valence electrons. The number of aliphatic hydroxyl groups excluding tert-OH is 1. The Balaban J connectivity index is 3.06. The number of aliphatic hydroxyl groups is 1. The van der Waals surface area contributed by atoms with Crippen molar-refractivity contribution in [3.05, 3.63) is 28.2 Å². The van der Waals surface area contributed by atoms with Crippen LogP contribution in [0.25, 0.3) is 0 Å². The van der Waals surface area contributed by atoms with Gasteiger partial charge in [-0.15, -0.1) is 0 Å². The predicted molar refractivity (Wildman–Crippen MR) is 68.0 cm³/mol. The van der Waals surface area contributed by atoms with Crippen molar-refractivity contribution in [1.82, 2.24) is 4.72 Å². The van der Waals surface area contributed by atoms with Gasteiger partial charge in [0.05, 0.1) is 16.6 Å². The standard InChI is InChI=1S/C10H12BrNO5S/c1-6(13)5-12-18(16,17)9-3-2-7(10(14)15)4-8(9)11/h2-4,6,12-13H,5H2,1H3,(H,14,15)/t6-/m1/s1. The van der Waals surface area contributed by atoms with Crippen LogP contribution in [0.3, 0.4) is 0 Å². The highest BCUT2D eigenvalue weighted by Gasteiger charge is 2.19. The predicted octanol–water partition coefficient (Wildman–Crippen LogP) is 0.806. The Labute approximate surface area is 113 Å². The van der Waals surface area contributed by atoms with E-state index in [4.69, 9.17) is 10.2 Å². The van der Waals surface area contributed by atoms with Gasteiger partial charge >= 0.3 is 5.97 Å². The summed E-state index contributed by atoms with van der Waals surface area (Å²) < 4.78 is 26.0. The fourth-order valence-corrected chi connectivity index (χ4v) is 3.36. The molecule has 0 fully saturated rings. The van der Waals surface area contributed by atoms with Crippen LogP contribution >= 0.6 is 15.9 Å². The van der Waals surface area contributed by atoms with E-state index in [1.807, 2.05) is 0 Å². The lowest BCUT2D eigenvalue weighted by molar-refractivity contribution is 0.0696. The van der Waals surface area contributed by atoms with Gasteiger partial charge in [-0.25, -0.2) is 17.9 Å². The maximum Gasteiger partial charge on any atom is 0.335 e. The van der Waals surface area contributed by atoms with Gasteiger partial charge in [0.25, 0.3) is 0 Å². The zero-order valence-electron chi connectivity index (χ0n) is 9.42. The van der Waals surface area contributed by atoms with E-state index in [0.717, 1.165) is 0 Å². The summed E-state index contributed by atoms with van der Waals surface area (Å²) in [6.07, 6.45) is -0.808. The second-order valence-electron chi connectivity index (χ2n) is 3.65. The van der Waals surface area contributed by atoms with Gasteiger partial charge in [0, 0.05) is 11.0 Å². The fraction of sp³-hybridized carbons (Fsp3) is 0.300. The Bertz CT molecular complexity index is 555. The van der Waals surface area contributed by atoms with Gasteiger partial charge in [0.2, 0.25) is 10.0 Å². The highest BCUT2D eigenvalue weighted by atomic mass is 79.9. The van der Waals surface area contributed by atoms with E-state index in [9.17, 15) is 13.2 Å². The molecule has 0 saturated carbocycles. The summed E-state index contributed by atoms with van der Waals surface area (Å²) in [5.74, 6) is -1.14. The molecular weight excluding hydrogens is 326 g/mol. The maximum atomic E-state index is 11.8. The summed E-state index contributed by atoms with van der Waals surface area (Å²) in [7, 11) is -3.78. The van der Waals surface area contributed by atoms with Crippen LogP contribution < -0.4 is 4.72 Å². The van der Waals surface area contributed by atoms with Crippen molar-refractivity contribution in [3.63, 3.8) is 0 Å². The minimum atomic E-state index is -3.78. The van der Waals surface area contributed by atoms with Crippen LogP contribution in [-0.2, 0) is 10.0 Å². The van der Waals surface area contributed by atoms with Gasteiger partial charge in [0.1, 0.15) is 0 Å². The third-order valence-corrected chi connectivity index (χ3v) is 4.44. The summed E-state index contributed by atoms with van der Waals surface area (Å²) in [5, 5.41) is 17.8. The lowest BCUT2D eigenvalue weighted by Crippen LogP contribution is -2.30. The summed E-state index contributed by atoms with van der Waals surface area (Å²) >= 11 is 3.01. The number of rotatable bonds is 5. The van der Waals surface area contributed by atoms with Gasteiger partial charge < -0.3 is 10.2 Å². The first kappa shape index (κ1) is 15.1. The molecule has 0 unspecified atom stereocenters. The first-order chi connectivity index (χ1) is 8.24. The Morgan fingerprint density at radius 2 is 2.11 bits per heavy atom. The van der Waals surface area contributed by atoms with Crippen LogP contribution in [0.1, 0.15) is 17.3 Å². The molecule has 0 spiro atoms. The molecule has 0 heterocycles. The Morgan fingerprint density at radius 3 is 2.56 bits per heavy atom. The molecule has 0 bridgehead atoms. The van der Waals surface area contributed by atoms with Crippen LogP contribution in [0.15, 0.2) is 27.6 Å². The molecule has 18 heavy (non-hydrogen) atoms. The summed E-state index contributed by atoms with van der Waals surface area (Å²) in [6, 6.07) is 3.60. The van der Waals surface area contributed by atoms with Crippen molar-refractivity contribution in [2.75, 3.05) is 6.54 Å².